The second kappa shape index (κ2) is 7.09. The largest absolute Gasteiger partial charge is 0.480 e. The summed E-state index contributed by atoms with van der Waals surface area (Å²) >= 11 is 0. The van der Waals surface area contributed by atoms with Gasteiger partial charge in [-0.05, 0) is 31.5 Å². The average Bonchev–Trinajstić information content (AvgIpc) is 2.60. The molecule has 2 heterocycles. The summed E-state index contributed by atoms with van der Waals surface area (Å²) in [6.45, 7) is 3.42. The molecule has 1 fully saturated rings. The van der Waals surface area contributed by atoms with Gasteiger partial charge in [0.2, 0.25) is 5.88 Å². The molecule has 19 heavy (non-hydrogen) atoms. The van der Waals surface area contributed by atoms with E-state index in [2.05, 4.69) is 10.3 Å². The van der Waals surface area contributed by atoms with Gasteiger partial charge < -0.3 is 15.0 Å². The number of nitrogens with zero attached hydrogens (tertiary/aromatic N) is 2. The summed E-state index contributed by atoms with van der Waals surface area (Å²) in [5, 5.41) is 3.35. The zero-order valence-corrected chi connectivity index (χ0v) is 11.4. The second-order valence-electron chi connectivity index (χ2n) is 4.66. The monoisotopic (exact) mass is 263 g/mol. The first-order valence-electron chi connectivity index (χ1n) is 6.82. The molecule has 0 aromatic carbocycles. The van der Waals surface area contributed by atoms with Crippen molar-refractivity contribution in [2.45, 2.75) is 19.3 Å². The SMILES string of the molecule is COc1ncccc1C(=O)N1CCCCCNCC1. The molecule has 1 saturated heterocycles. The number of carbonyl (C=O) groups is 1. The van der Waals surface area contributed by atoms with Gasteiger partial charge in [0.25, 0.3) is 5.91 Å². The molecule has 1 aromatic heterocycles. The Labute approximate surface area is 114 Å². The molecule has 5 nitrogen and oxygen atoms in total. The summed E-state index contributed by atoms with van der Waals surface area (Å²) in [6.07, 6.45) is 5.02. The Balaban J connectivity index is 2.11. The average molecular weight is 263 g/mol. The Morgan fingerprint density at radius 2 is 2.21 bits per heavy atom. The van der Waals surface area contributed by atoms with Crippen LogP contribution in [0.4, 0.5) is 0 Å². The first kappa shape index (κ1) is 13.8. The fourth-order valence-corrected chi connectivity index (χ4v) is 2.27. The zero-order valence-electron chi connectivity index (χ0n) is 11.4. The molecule has 104 valence electrons. The van der Waals surface area contributed by atoms with Crippen LogP contribution < -0.4 is 10.1 Å². The van der Waals surface area contributed by atoms with E-state index < -0.39 is 0 Å². The molecule has 0 spiro atoms. The lowest BCUT2D eigenvalue weighted by atomic mass is 10.2. The highest BCUT2D eigenvalue weighted by Crippen LogP contribution is 2.16. The molecule has 0 saturated carbocycles. The lowest BCUT2D eigenvalue weighted by molar-refractivity contribution is 0.0752. The Morgan fingerprint density at radius 1 is 1.32 bits per heavy atom. The van der Waals surface area contributed by atoms with E-state index in [0.29, 0.717) is 11.4 Å². The van der Waals surface area contributed by atoms with E-state index in [0.717, 1.165) is 39.0 Å². The van der Waals surface area contributed by atoms with E-state index in [1.807, 2.05) is 4.90 Å². The summed E-state index contributed by atoms with van der Waals surface area (Å²) in [5.74, 6) is 0.411. The molecule has 1 aromatic rings. The first-order valence-corrected chi connectivity index (χ1v) is 6.82. The number of hydrogen-bond acceptors (Lipinski definition) is 4. The van der Waals surface area contributed by atoms with E-state index >= 15 is 0 Å². The van der Waals surface area contributed by atoms with Gasteiger partial charge in [-0.15, -0.1) is 0 Å². The maximum Gasteiger partial charge on any atom is 0.259 e. The zero-order chi connectivity index (χ0) is 13.5. The summed E-state index contributed by atoms with van der Waals surface area (Å²) in [7, 11) is 1.54. The number of ether oxygens (including phenoxy) is 1. The van der Waals surface area contributed by atoms with Crippen molar-refractivity contribution in [2.24, 2.45) is 0 Å². The van der Waals surface area contributed by atoms with Crippen LogP contribution in [0.2, 0.25) is 0 Å². The highest BCUT2D eigenvalue weighted by molar-refractivity contribution is 5.96. The van der Waals surface area contributed by atoms with E-state index in [-0.39, 0.29) is 5.91 Å². The van der Waals surface area contributed by atoms with Gasteiger partial charge in [0.1, 0.15) is 5.56 Å². The number of nitrogens with one attached hydrogen (secondary N) is 1. The lowest BCUT2D eigenvalue weighted by Gasteiger charge is -2.22. The Bertz CT molecular complexity index is 413. The van der Waals surface area contributed by atoms with Gasteiger partial charge in [-0.25, -0.2) is 4.98 Å². The van der Waals surface area contributed by atoms with Crippen molar-refractivity contribution in [2.75, 3.05) is 33.3 Å². The van der Waals surface area contributed by atoms with Crippen LogP contribution in [0.15, 0.2) is 18.3 Å². The number of carbonyl (C=O) groups excluding carboxylic acids is 1. The molecule has 0 bridgehead atoms. The van der Waals surface area contributed by atoms with Crippen molar-refractivity contribution in [3.8, 4) is 5.88 Å². The molecular formula is C14H21N3O2. The summed E-state index contributed by atoms with van der Waals surface area (Å²) in [6, 6.07) is 3.54. The third-order valence-electron chi connectivity index (χ3n) is 3.32. The molecule has 0 atom stereocenters. The van der Waals surface area contributed by atoms with Crippen molar-refractivity contribution in [1.82, 2.24) is 15.2 Å². The normalized spacial score (nSPS) is 17.2. The fraction of sp³-hybridized carbons (Fsp3) is 0.571. The molecule has 1 aliphatic rings. The lowest BCUT2D eigenvalue weighted by Crippen LogP contribution is -2.37. The Morgan fingerprint density at radius 3 is 3.05 bits per heavy atom. The number of aromatic nitrogens is 1. The third kappa shape index (κ3) is 3.67. The molecule has 5 heteroatoms. The van der Waals surface area contributed by atoms with Gasteiger partial charge in [0.15, 0.2) is 0 Å². The van der Waals surface area contributed by atoms with Crippen LogP contribution in [0.3, 0.4) is 0 Å². The molecule has 0 radical (unpaired) electrons. The van der Waals surface area contributed by atoms with Crippen LogP contribution in [0.25, 0.3) is 0 Å². The third-order valence-corrected chi connectivity index (χ3v) is 3.32. The predicted octanol–water partition coefficient (Wildman–Crippen LogP) is 1.31. The smallest absolute Gasteiger partial charge is 0.259 e. The highest BCUT2D eigenvalue weighted by Gasteiger charge is 2.20. The maximum absolute atomic E-state index is 12.5. The van der Waals surface area contributed by atoms with Crippen LogP contribution >= 0.6 is 0 Å². The van der Waals surface area contributed by atoms with Crippen LogP contribution in [0.5, 0.6) is 5.88 Å². The molecule has 1 aliphatic heterocycles. The van der Waals surface area contributed by atoms with Crippen LogP contribution in [0, 0.1) is 0 Å². The maximum atomic E-state index is 12.5. The van der Waals surface area contributed by atoms with E-state index in [9.17, 15) is 4.79 Å². The standard InChI is InChI=1S/C14H21N3O2/c1-19-13-12(6-5-8-16-13)14(18)17-10-4-2-3-7-15-9-11-17/h5-6,8,15H,2-4,7,9-11H2,1H3. The number of methoxy groups -OCH3 is 1. The molecule has 1 N–H and O–H groups in total. The Hall–Kier alpha value is -1.62. The van der Waals surface area contributed by atoms with Gasteiger partial charge >= 0.3 is 0 Å². The number of hydrogen-bond donors (Lipinski definition) is 1. The minimum Gasteiger partial charge on any atom is -0.480 e. The van der Waals surface area contributed by atoms with Crippen molar-refractivity contribution in [3.05, 3.63) is 23.9 Å². The van der Waals surface area contributed by atoms with Crippen LogP contribution in [-0.4, -0.2) is 49.1 Å². The van der Waals surface area contributed by atoms with E-state index in [1.165, 1.54) is 6.42 Å². The molecular weight excluding hydrogens is 242 g/mol. The van der Waals surface area contributed by atoms with Crippen molar-refractivity contribution < 1.29 is 9.53 Å². The molecule has 1 amide bonds. The van der Waals surface area contributed by atoms with Crippen molar-refractivity contribution >= 4 is 5.91 Å². The number of pyridine rings is 1. The van der Waals surface area contributed by atoms with E-state index in [4.69, 9.17) is 4.74 Å². The van der Waals surface area contributed by atoms with Crippen molar-refractivity contribution in [1.29, 1.82) is 0 Å². The number of amides is 1. The molecule has 0 aliphatic carbocycles. The van der Waals surface area contributed by atoms with Crippen LogP contribution in [0.1, 0.15) is 29.6 Å². The minimum atomic E-state index is 0.00801. The minimum absolute atomic E-state index is 0.00801. The first-order chi connectivity index (χ1) is 9.33. The quantitative estimate of drug-likeness (QED) is 0.874. The second-order valence-corrected chi connectivity index (χ2v) is 4.66. The topological polar surface area (TPSA) is 54.5 Å². The fourth-order valence-electron chi connectivity index (χ4n) is 2.27. The number of rotatable bonds is 2. The van der Waals surface area contributed by atoms with E-state index in [1.54, 1.807) is 25.4 Å². The summed E-state index contributed by atoms with van der Waals surface area (Å²) in [4.78, 5) is 18.5. The predicted molar refractivity (Wildman–Crippen MR) is 73.4 cm³/mol. The van der Waals surface area contributed by atoms with Crippen LogP contribution in [-0.2, 0) is 0 Å². The Kier molecular flexibility index (Phi) is 5.15. The van der Waals surface area contributed by atoms with Gasteiger partial charge in [-0.1, -0.05) is 6.42 Å². The highest BCUT2D eigenvalue weighted by atomic mass is 16.5. The van der Waals surface area contributed by atoms with Gasteiger partial charge in [0.05, 0.1) is 7.11 Å². The van der Waals surface area contributed by atoms with Crippen molar-refractivity contribution in [3.63, 3.8) is 0 Å². The van der Waals surface area contributed by atoms with Gasteiger partial charge in [0, 0.05) is 25.8 Å². The van der Waals surface area contributed by atoms with Gasteiger partial charge in [-0.2, -0.15) is 0 Å². The summed E-state index contributed by atoms with van der Waals surface area (Å²) in [5.41, 5.74) is 0.546. The van der Waals surface area contributed by atoms with Gasteiger partial charge in [-0.3, -0.25) is 4.79 Å². The summed E-state index contributed by atoms with van der Waals surface area (Å²) < 4.78 is 5.16. The molecule has 2 rings (SSSR count). The molecule has 0 unspecified atom stereocenters.